The van der Waals surface area contributed by atoms with E-state index in [9.17, 15) is 18.0 Å². The molecule has 2 unspecified atom stereocenters. The van der Waals surface area contributed by atoms with Crippen LogP contribution in [-0.2, 0) is 9.53 Å². The van der Waals surface area contributed by atoms with Gasteiger partial charge in [-0.1, -0.05) is 12.1 Å². The molecule has 0 aromatic heterocycles. The molecule has 0 radical (unpaired) electrons. The fraction of sp³-hybridized carbons (Fsp3) is 0.500. The van der Waals surface area contributed by atoms with E-state index in [4.69, 9.17) is 9.47 Å². The van der Waals surface area contributed by atoms with Crippen molar-refractivity contribution in [1.82, 2.24) is 0 Å². The minimum atomic E-state index is -4.60. The second-order valence-corrected chi connectivity index (χ2v) is 4.64. The zero-order valence-electron chi connectivity index (χ0n) is 10.7. The van der Waals surface area contributed by atoms with Crippen molar-refractivity contribution in [1.29, 1.82) is 0 Å². The molecule has 0 saturated carbocycles. The number of carbonyl (C=O) groups is 1. The molecule has 1 aliphatic rings. The van der Waals surface area contributed by atoms with Gasteiger partial charge in [-0.05, 0) is 30.5 Å². The van der Waals surface area contributed by atoms with Gasteiger partial charge in [-0.3, -0.25) is 0 Å². The van der Waals surface area contributed by atoms with Gasteiger partial charge in [0.1, 0.15) is 18.0 Å². The zero-order valence-corrected chi connectivity index (χ0v) is 10.7. The Balaban J connectivity index is 2.12. The summed E-state index contributed by atoms with van der Waals surface area (Å²) in [5.41, 5.74) is -0.124. The molecule has 0 spiro atoms. The Morgan fingerprint density at radius 3 is 2.75 bits per heavy atom. The Morgan fingerprint density at radius 1 is 1.35 bits per heavy atom. The van der Waals surface area contributed by atoms with E-state index in [1.54, 1.807) is 6.07 Å². The fourth-order valence-corrected chi connectivity index (χ4v) is 2.08. The van der Waals surface area contributed by atoms with Gasteiger partial charge in [0.2, 0.25) is 0 Å². The van der Waals surface area contributed by atoms with E-state index in [2.05, 4.69) is 0 Å². The van der Waals surface area contributed by atoms with Crippen molar-refractivity contribution in [2.75, 3.05) is 6.61 Å². The monoisotopic (exact) mass is 288 g/mol. The molecule has 3 nitrogen and oxygen atoms in total. The summed E-state index contributed by atoms with van der Waals surface area (Å²) >= 11 is 0. The molecule has 0 aliphatic carbocycles. The third kappa shape index (κ3) is 3.72. The van der Waals surface area contributed by atoms with Crippen LogP contribution in [-0.4, -0.2) is 25.4 Å². The number of alkyl halides is 3. The third-order valence-corrected chi connectivity index (χ3v) is 3.11. The first kappa shape index (κ1) is 14.8. The standard InChI is InChI=1S/C14H15F3O3/c15-14(16,17)12(9-18)10-4-3-5-11(8-10)20-13-6-1-2-7-19-13/h3-5,8-9,12-13H,1-2,6-7H2. The summed E-state index contributed by atoms with van der Waals surface area (Å²) in [5, 5.41) is 0. The number of carbonyl (C=O) groups excluding carboxylic acids is 1. The second kappa shape index (κ2) is 6.26. The van der Waals surface area contributed by atoms with Crippen LogP contribution in [0.25, 0.3) is 0 Å². The Bertz CT molecular complexity index is 453. The van der Waals surface area contributed by atoms with E-state index < -0.39 is 18.4 Å². The summed E-state index contributed by atoms with van der Waals surface area (Å²) in [6, 6.07) is 5.50. The molecule has 1 fully saturated rings. The fourth-order valence-electron chi connectivity index (χ4n) is 2.08. The molecule has 20 heavy (non-hydrogen) atoms. The summed E-state index contributed by atoms with van der Waals surface area (Å²) in [4.78, 5) is 10.7. The summed E-state index contributed by atoms with van der Waals surface area (Å²) < 4.78 is 49.0. The molecule has 1 aromatic carbocycles. The van der Waals surface area contributed by atoms with Crippen LogP contribution in [0.3, 0.4) is 0 Å². The summed E-state index contributed by atoms with van der Waals surface area (Å²) in [6.45, 7) is 0.587. The normalized spacial score (nSPS) is 21.2. The van der Waals surface area contributed by atoms with E-state index >= 15 is 0 Å². The van der Waals surface area contributed by atoms with Gasteiger partial charge in [-0.25, -0.2) is 0 Å². The van der Waals surface area contributed by atoms with E-state index in [-0.39, 0.29) is 17.6 Å². The Hall–Kier alpha value is -1.56. The molecule has 2 rings (SSSR count). The zero-order chi connectivity index (χ0) is 14.6. The first-order valence-corrected chi connectivity index (χ1v) is 6.41. The smallest absolute Gasteiger partial charge is 0.402 e. The van der Waals surface area contributed by atoms with Crippen LogP contribution in [0.2, 0.25) is 0 Å². The minimum Gasteiger partial charge on any atom is -0.465 e. The van der Waals surface area contributed by atoms with Crippen molar-refractivity contribution < 1.29 is 27.4 Å². The SMILES string of the molecule is O=CC(c1cccc(OC2CCCCO2)c1)C(F)(F)F. The molecule has 2 atom stereocenters. The summed E-state index contributed by atoms with van der Waals surface area (Å²) in [7, 11) is 0. The maximum Gasteiger partial charge on any atom is 0.402 e. The predicted octanol–water partition coefficient (Wildman–Crippen LogP) is 3.44. The molecule has 110 valence electrons. The molecule has 6 heteroatoms. The highest BCUT2D eigenvalue weighted by Crippen LogP contribution is 2.34. The first-order chi connectivity index (χ1) is 9.50. The number of halogens is 3. The number of hydrogen-bond acceptors (Lipinski definition) is 3. The van der Waals surface area contributed by atoms with Gasteiger partial charge in [0, 0.05) is 6.42 Å². The highest BCUT2D eigenvalue weighted by atomic mass is 19.4. The van der Waals surface area contributed by atoms with Gasteiger partial charge in [0.05, 0.1) is 6.61 Å². The molecule has 1 aliphatic heterocycles. The van der Waals surface area contributed by atoms with Crippen LogP contribution in [0.5, 0.6) is 5.75 Å². The van der Waals surface area contributed by atoms with Crippen molar-refractivity contribution in [3.63, 3.8) is 0 Å². The Morgan fingerprint density at radius 2 is 2.15 bits per heavy atom. The minimum absolute atomic E-state index is 0.101. The number of ether oxygens (including phenoxy) is 2. The molecule has 0 bridgehead atoms. The summed E-state index contributed by atoms with van der Waals surface area (Å²) in [5.74, 6) is -1.84. The lowest BCUT2D eigenvalue weighted by atomic mass is 10.00. The quantitative estimate of drug-likeness (QED) is 0.796. The van der Waals surface area contributed by atoms with E-state index in [1.165, 1.54) is 18.2 Å². The highest BCUT2D eigenvalue weighted by molar-refractivity contribution is 5.64. The molecular weight excluding hydrogens is 273 g/mol. The van der Waals surface area contributed by atoms with Crippen molar-refractivity contribution in [3.8, 4) is 5.75 Å². The number of hydrogen-bond donors (Lipinski definition) is 0. The largest absolute Gasteiger partial charge is 0.465 e. The molecule has 1 aromatic rings. The topological polar surface area (TPSA) is 35.5 Å². The molecule has 0 amide bonds. The van der Waals surface area contributed by atoms with E-state index in [0.717, 1.165) is 12.8 Å². The van der Waals surface area contributed by atoms with Crippen molar-refractivity contribution in [3.05, 3.63) is 29.8 Å². The van der Waals surface area contributed by atoms with Crippen LogP contribution < -0.4 is 4.74 Å². The third-order valence-electron chi connectivity index (χ3n) is 3.11. The van der Waals surface area contributed by atoms with Gasteiger partial charge >= 0.3 is 6.18 Å². The average Bonchev–Trinajstić information content (AvgIpc) is 2.39. The lowest BCUT2D eigenvalue weighted by Gasteiger charge is -2.24. The lowest BCUT2D eigenvalue weighted by Crippen LogP contribution is -2.25. The predicted molar refractivity (Wildman–Crippen MR) is 65.5 cm³/mol. The van der Waals surface area contributed by atoms with Crippen molar-refractivity contribution in [2.24, 2.45) is 0 Å². The number of rotatable bonds is 4. The van der Waals surface area contributed by atoms with Gasteiger partial charge in [0.15, 0.2) is 6.29 Å². The summed E-state index contributed by atoms with van der Waals surface area (Å²) in [6.07, 6.45) is -2.50. The molecule has 1 heterocycles. The van der Waals surface area contributed by atoms with Crippen LogP contribution >= 0.6 is 0 Å². The molecule has 0 N–H and O–H groups in total. The van der Waals surface area contributed by atoms with Crippen LogP contribution in [0.1, 0.15) is 30.7 Å². The Kier molecular flexibility index (Phi) is 4.65. The second-order valence-electron chi connectivity index (χ2n) is 4.64. The van der Waals surface area contributed by atoms with Crippen molar-refractivity contribution >= 4 is 6.29 Å². The Labute approximate surface area is 114 Å². The number of benzene rings is 1. The molecule has 1 saturated heterocycles. The van der Waals surface area contributed by atoms with Gasteiger partial charge < -0.3 is 14.3 Å². The average molecular weight is 288 g/mol. The van der Waals surface area contributed by atoms with Gasteiger partial charge in [0.25, 0.3) is 0 Å². The number of aldehydes is 1. The van der Waals surface area contributed by atoms with Gasteiger partial charge in [-0.2, -0.15) is 13.2 Å². The maximum absolute atomic E-state index is 12.7. The van der Waals surface area contributed by atoms with E-state index in [1.807, 2.05) is 0 Å². The lowest BCUT2D eigenvalue weighted by molar-refractivity contribution is -0.155. The highest BCUT2D eigenvalue weighted by Gasteiger charge is 2.40. The first-order valence-electron chi connectivity index (χ1n) is 6.41. The maximum atomic E-state index is 12.7. The van der Waals surface area contributed by atoms with Crippen LogP contribution in [0, 0.1) is 0 Å². The van der Waals surface area contributed by atoms with Crippen molar-refractivity contribution in [2.45, 2.75) is 37.6 Å². The molecular formula is C14H15F3O3. The van der Waals surface area contributed by atoms with Crippen LogP contribution in [0.4, 0.5) is 13.2 Å². The van der Waals surface area contributed by atoms with Gasteiger partial charge in [-0.15, -0.1) is 0 Å². The van der Waals surface area contributed by atoms with Crippen LogP contribution in [0.15, 0.2) is 24.3 Å². The van der Waals surface area contributed by atoms with E-state index in [0.29, 0.717) is 13.0 Å².